The highest BCUT2D eigenvalue weighted by Crippen LogP contribution is 2.28. The van der Waals surface area contributed by atoms with E-state index in [-0.39, 0.29) is 6.09 Å². The van der Waals surface area contributed by atoms with Crippen molar-refractivity contribution in [1.82, 2.24) is 34.3 Å². The first-order chi connectivity index (χ1) is 19.3. The maximum atomic E-state index is 13.0. The minimum atomic E-state index is -0.521. The SMILES string of the molecule is CC(C)(C)OC(=O)N(Cc1ccc2nc(Cn3cc(-c4cncc(N5CCCC5)c4)nn3)cn2c1)CC1CCC1. The van der Waals surface area contributed by atoms with Gasteiger partial charge in [0.25, 0.3) is 0 Å². The lowest BCUT2D eigenvalue weighted by Gasteiger charge is -2.33. The van der Waals surface area contributed by atoms with Crippen LogP contribution in [0.3, 0.4) is 0 Å². The van der Waals surface area contributed by atoms with Crippen LogP contribution in [0.15, 0.2) is 49.2 Å². The van der Waals surface area contributed by atoms with E-state index in [0.29, 0.717) is 19.0 Å². The molecule has 210 valence electrons. The molecule has 2 fully saturated rings. The Morgan fingerprint density at radius 2 is 1.90 bits per heavy atom. The summed E-state index contributed by atoms with van der Waals surface area (Å²) in [5.74, 6) is 0.558. The highest BCUT2D eigenvalue weighted by atomic mass is 16.6. The van der Waals surface area contributed by atoms with Crippen LogP contribution in [0.1, 0.15) is 64.1 Å². The Morgan fingerprint density at radius 1 is 1.07 bits per heavy atom. The van der Waals surface area contributed by atoms with E-state index >= 15 is 0 Å². The van der Waals surface area contributed by atoms with Gasteiger partial charge in [-0.15, -0.1) is 5.10 Å². The monoisotopic (exact) mass is 542 g/mol. The van der Waals surface area contributed by atoms with E-state index in [2.05, 4.69) is 26.3 Å². The van der Waals surface area contributed by atoms with E-state index in [1.54, 1.807) is 0 Å². The predicted octanol–water partition coefficient (Wildman–Crippen LogP) is 5.17. The third kappa shape index (κ3) is 6.11. The summed E-state index contributed by atoms with van der Waals surface area (Å²) in [7, 11) is 0. The number of amides is 1. The molecule has 0 aromatic carbocycles. The molecule has 4 aromatic heterocycles. The minimum Gasteiger partial charge on any atom is -0.444 e. The highest BCUT2D eigenvalue weighted by molar-refractivity contribution is 5.68. The second-order valence-electron chi connectivity index (χ2n) is 12.1. The van der Waals surface area contributed by atoms with Gasteiger partial charge in [0.15, 0.2) is 0 Å². The fourth-order valence-electron chi connectivity index (χ4n) is 5.39. The van der Waals surface area contributed by atoms with Crippen LogP contribution >= 0.6 is 0 Å². The van der Waals surface area contributed by atoms with E-state index < -0.39 is 5.60 Å². The summed E-state index contributed by atoms with van der Waals surface area (Å²) in [6.45, 7) is 9.62. The Morgan fingerprint density at radius 3 is 2.65 bits per heavy atom. The van der Waals surface area contributed by atoms with Crippen molar-refractivity contribution in [3.8, 4) is 11.3 Å². The zero-order valence-electron chi connectivity index (χ0n) is 23.7. The number of fused-ring (bicyclic) bond motifs is 1. The molecule has 0 radical (unpaired) electrons. The van der Waals surface area contributed by atoms with E-state index in [1.165, 1.54) is 32.1 Å². The van der Waals surface area contributed by atoms with Gasteiger partial charge in [0.1, 0.15) is 16.9 Å². The Hall–Kier alpha value is -3.95. The molecule has 4 aromatic rings. The van der Waals surface area contributed by atoms with Gasteiger partial charge in [-0.25, -0.2) is 14.5 Å². The molecule has 6 rings (SSSR count). The lowest BCUT2D eigenvalue weighted by molar-refractivity contribution is 0.0173. The molecule has 1 aliphatic carbocycles. The van der Waals surface area contributed by atoms with Gasteiger partial charge < -0.3 is 18.9 Å². The van der Waals surface area contributed by atoms with Crippen molar-refractivity contribution in [2.24, 2.45) is 5.92 Å². The number of ether oxygens (including phenoxy) is 1. The number of rotatable bonds is 8. The molecule has 0 unspecified atom stereocenters. The average molecular weight is 543 g/mol. The number of nitrogens with zero attached hydrogens (tertiary/aromatic N) is 8. The van der Waals surface area contributed by atoms with Gasteiger partial charge in [0, 0.05) is 43.8 Å². The Kier molecular flexibility index (Phi) is 7.16. The fraction of sp³-hybridized carbons (Fsp3) is 0.500. The molecule has 1 saturated heterocycles. The van der Waals surface area contributed by atoms with Crippen LogP contribution in [0.25, 0.3) is 16.9 Å². The van der Waals surface area contributed by atoms with Crippen molar-refractivity contribution in [3.63, 3.8) is 0 Å². The summed E-state index contributed by atoms with van der Waals surface area (Å²) >= 11 is 0. The smallest absolute Gasteiger partial charge is 0.410 e. The molecule has 10 heteroatoms. The lowest BCUT2D eigenvalue weighted by Crippen LogP contribution is -2.40. The van der Waals surface area contributed by atoms with Crippen LogP contribution < -0.4 is 4.90 Å². The third-order valence-electron chi connectivity index (χ3n) is 7.64. The van der Waals surface area contributed by atoms with Gasteiger partial charge in [-0.3, -0.25) is 4.98 Å². The van der Waals surface area contributed by atoms with E-state index in [1.807, 2.05) is 77.9 Å². The quantitative estimate of drug-likeness (QED) is 0.303. The summed E-state index contributed by atoms with van der Waals surface area (Å²) in [5.41, 5.74) is 5.15. The first kappa shape index (κ1) is 26.3. The van der Waals surface area contributed by atoms with Crippen molar-refractivity contribution in [2.45, 2.75) is 71.6 Å². The normalized spacial score (nSPS) is 15.9. The molecule has 0 N–H and O–H groups in total. The first-order valence-electron chi connectivity index (χ1n) is 14.3. The number of imidazole rings is 1. The average Bonchev–Trinajstić information content (AvgIpc) is 3.65. The summed E-state index contributed by atoms with van der Waals surface area (Å²) in [5, 5.41) is 8.75. The molecule has 0 bridgehead atoms. The molecule has 1 saturated carbocycles. The second kappa shape index (κ2) is 10.9. The topological polar surface area (TPSA) is 93.7 Å². The standard InChI is InChI=1S/C30H38N8O2/c1-30(2,3)40-29(39)37(16-22-7-6-8-22)18-23-9-10-28-32-25(19-36(28)17-23)20-38-21-27(33-34-38)24-13-26(15-31-14-24)35-11-4-5-12-35/h9-10,13-15,17,19,21-22H,4-8,11-12,16,18,20H2,1-3H3. The summed E-state index contributed by atoms with van der Waals surface area (Å²) < 4.78 is 9.54. The van der Waals surface area contributed by atoms with Gasteiger partial charge in [0.2, 0.25) is 0 Å². The molecule has 0 atom stereocenters. The molecule has 2 aliphatic rings. The molecule has 0 spiro atoms. The van der Waals surface area contributed by atoms with Crippen LogP contribution in [-0.4, -0.2) is 65.6 Å². The molecule has 5 heterocycles. The lowest BCUT2D eigenvalue weighted by atomic mass is 9.85. The van der Waals surface area contributed by atoms with Gasteiger partial charge in [0.05, 0.1) is 36.9 Å². The number of hydrogen-bond acceptors (Lipinski definition) is 7. The van der Waals surface area contributed by atoms with Crippen LogP contribution in [0.5, 0.6) is 0 Å². The number of aromatic nitrogens is 6. The molecule has 1 aliphatic heterocycles. The summed E-state index contributed by atoms with van der Waals surface area (Å²) in [6, 6.07) is 6.18. The Labute approximate surface area is 235 Å². The fourth-order valence-corrected chi connectivity index (χ4v) is 5.39. The number of carbonyl (C=O) groups excluding carboxylic acids is 1. The molecule has 10 nitrogen and oxygen atoms in total. The zero-order valence-corrected chi connectivity index (χ0v) is 23.7. The summed E-state index contributed by atoms with van der Waals surface area (Å²) in [4.78, 5) is 26.4. The molecule has 1 amide bonds. The predicted molar refractivity (Wildman–Crippen MR) is 153 cm³/mol. The first-order valence-corrected chi connectivity index (χ1v) is 14.3. The van der Waals surface area contributed by atoms with Crippen LogP contribution in [-0.2, 0) is 17.8 Å². The van der Waals surface area contributed by atoms with Crippen molar-refractivity contribution >= 4 is 17.4 Å². The van der Waals surface area contributed by atoms with E-state index in [4.69, 9.17) is 9.72 Å². The largest absolute Gasteiger partial charge is 0.444 e. The van der Waals surface area contributed by atoms with Crippen molar-refractivity contribution < 1.29 is 9.53 Å². The minimum absolute atomic E-state index is 0.256. The highest BCUT2D eigenvalue weighted by Gasteiger charge is 2.27. The number of anilines is 1. The van der Waals surface area contributed by atoms with Crippen LogP contribution in [0.4, 0.5) is 10.5 Å². The van der Waals surface area contributed by atoms with Crippen LogP contribution in [0, 0.1) is 5.92 Å². The Balaban J connectivity index is 1.15. The van der Waals surface area contributed by atoms with Gasteiger partial charge in [-0.05, 0) is 70.1 Å². The molecular formula is C30H38N8O2. The van der Waals surface area contributed by atoms with E-state index in [0.717, 1.165) is 53.5 Å². The van der Waals surface area contributed by atoms with Gasteiger partial charge in [-0.2, -0.15) is 0 Å². The van der Waals surface area contributed by atoms with Crippen molar-refractivity contribution in [2.75, 3.05) is 24.5 Å². The van der Waals surface area contributed by atoms with Gasteiger partial charge in [-0.1, -0.05) is 17.7 Å². The Bertz CT molecular complexity index is 1480. The number of hydrogen-bond donors (Lipinski definition) is 0. The van der Waals surface area contributed by atoms with Gasteiger partial charge >= 0.3 is 6.09 Å². The van der Waals surface area contributed by atoms with Crippen molar-refractivity contribution in [1.29, 1.82) is 0 Å². The van der Waals surface area contributed by atoms with Crippen LogP contribution in [0.2, 0.25) is 0 Å². The molecular weight excluding hydrogens is 504 g/mol. The zero-order chi connectivity index (χ0) is 27.7. The van der Waals surface area contributed by atoms with E-state index in [9.17, 15) is 4.79 Å². The maximum absolute atomic E-state index is 13.0. The molecule has 40 heavy (non-hydrogen) atoms. The number of pyridine rings is 2. The second-order valence-corrected chi connectivity index (χ2v) is 12.1. The third-order valence-corrected chi connectivity index (χ3v) is 7.64. The number of carbonyl (C=O) groups is 1. The summed E-state index contributed by atoms with van der Waals surface area (Å²) in [6.07, 6.45) is 15.6. The van der Waals surface area contributed by atoms with Crippen molar-refractivity contribution in [3.05, 3.63) is 60.4 Å². The maximum Gasteiger partial charge on any atom is 0.410 e.